The summed E-state index contributed by atoms with van der Waals surface area (Å²) in [7, 11) is 0. The normalized spacial score (nSPS) is 14.7. The minimum absolute atomic E-state index is 0.0377. The predicted molar refractivity (Wildman–Crippen MR) is 121 cm³/mol. The average molecular weight is 423 g/mol. The van der Waals surface area contributed by atoms with Gasteiger partial charge >= 0.3 is 0 Å². The smallest absolute Gasteiger partial charge is 0.223 e. The van der Waals surface area contributed by atoms with Crippen molar-refractivity contribution >= 4 is 23.3 Å². The van der Waals surface area contributed by atoms with Crippen LogP contribution in [0.1, 0.15) is 29.8 Å². The van der Waals surface area contributed by atoms with E-state index in [-0.39, 0.29) is 11.8 Å². The fourth-order valence-corrected chi connectivity index (χ4v) is 4.27. The molecule has 0 aliphatic carbocycles. The second kappa shape index (κ2) is 8.92. The highest BCUT2D eigenvalue weighted by Crippen LogP contribution is 2.29. The molecule has 0 radical (unpaired) electrons. The molecule has 0 spiro atoms. The average Bonchev–Trinajstić information content (AvgIpc) is 3.11. The van der Waals surface area contributed by atoms with Gasteiger partial charge in [0.1, 0.15) is 0 Å². The third kappa shape index (κ3) is 4.36. The molecule has 1 aromatic carbocycles. The van der Waals surface area contributed by atoms with Crippen molar-refractivity contribution < 1.29 is 4.79 Å². The van der Waals surface area contributed by atoms with Crippen LogP contribution in [0.15, 0.2) is 54.7 Å². The number of piperidine rings is 1. The number of aromatic nitrogens is 2. The first kappa shape index (κ1) is 20.5. The summed E-state index contributed by atoms with van der Waals surface area (Å²) in [5, 5.41) is 3.78. The zero-order valence-electron chi connectivity index (χ0n) is 17.4. The Balaban J connectivity index is 1.39. The SMILES string of the molecule is Cc1ccc(C)n1-c1cccnc1N1CCC(C(=O)NCc2ccc(Cl)cc2)CC1. The molecule has 0 bridgehead atoms. The van der Waals surface area contributed by atoms with Gasteiger partial charge in [-0.05, 0) is 68.7 Å². The van der Waals surface area contributed by atoms with Crippen LogP contribution in [0.3, 0.4) is 0 Å². The van der Waals surface area contributed by atoms with Gasteiger partial charge in [-0.3, -0.25) is 4.79 Å². The molecule has 1 aliphatic heterocycles. The number of carbonyl (C=O) groups excluding carboxylic acids is 1. The Bertz CT molecular complexity index is 1000. The lowest BCUT2D eigenvalue weighted by molar-refractivity contribution is -0.125. The number of benzene rings is 1. The van der Waals surface area contributed by atoms with Crippen LogP contribution in [0, 0.1) is 19.8 Å². The number of hydrogen-bond acceptors (Lipinski definition) is 3. The van der Waals surface area contributed by atoms with E-state index in [1.165, 1.54) is 11.4 Å². The van der Waals surface area contributed by atoms with Crippen LogP contribution >= 0.6 is 11.6 Å². The molecule has 6 heteroatoms. The molecular weight excluding hydrogens is 396 g/mol. The molecule has 0 atom stereocenters. The van der Waals surface area contributed by atoms with Gasteiger partial charge in [-0.2, -0.15) is 0 Å². The van der Waals surface area contributed by atoms with Gasteiger partial charge in [-0.25, -0.2) is 4.98 Å². The van der Waals surface area contributed by atoms with Crippen LogP contribution in [0.4, 0.5) is 5.82 Å². The Morgan fingerprint density at radius 2 is 1.73 bits per heavy atom. The molecule has 1 aliphatic rings. The molecule has 3 heterocycles. The summed E-state index contributed by atoms with van der Waals surface area (Å²) in [5.41, 5.74) is 4.54. The molecule has 5 nitrogen and oxygen atoms in total. The molecule has 2 aromatic heterocycles. The first-order chi connectivity index (χ1) is 14.5. The molecular formula is C24H27ClN4O. The maximum absolute atomic E-state index is 12.6. The Labute approximate surface area is 182 Å². The van der Waals surface area contributed by atoms with Crippen LogP contribution in [0.5, 0.6) is 0 Å². The van der Waals surface area contributed by atoms with Gasteiger partial charge in [-0.1, -0.05) is 23.7 Å². The first-order valence-electron chi connectivity index (χ1n) is 10.4. The van der Waals surface area contributed by atoms with E-state index in [0.717, 1.165) is 43.0 Å². The number of nitrogens with zero attached hydrogens (tertiary/aromatic N) is 3. The van der Waals surface area contributed by atoms with Crippen molar-refractivity contribution in [3.05, 3.63) is 76.7 Å². The van der Waals surface area contributed by atoms with E-state index in [1.54, 1.807) is 0 Å². The summed E-state index contributed by atoms with van der Waals surface area (Å²) >= 11 is 5.92. The lowest BCUT2D eigenvalue weighted by Crippen LogP contribution is -2.41. The number of amides is 1. The van der Waals surface area contributed by atoms with Crippen LogP contribution in [-0.2, 0) is 11.3 Å². The Kier molecular flexibility index (Phi) is 6.09. The Hall–Kier alpha value is -2.79. The molecule has 156 valence electrons. The second-order valence-electron chi connectivity index (χ2n) is 7.90. The summed E-state index contributed by atoms with van der Waals surface area (Å²) in [6, 6.07) is 15.9. The van der Waals surface area contributed by atoms with E-state index in [1.807, 2.05) is 36.5 Å². The Morgan fingerprint density at radius 1 is 1.07 bits per heavy atom. The van der Waals surface area contributed by atoms with Crippen molar-refractivity contribution in [1.82, 2.24) is 14.9 Å². The molecule has 0 unspecified atom stereocenters. The van der Waals surface area contributed by atoms with Crippen molar-refractivity contribution in [2.24, 2.45) is 5.92 Å². The molecule has 1 fully saturated rings. The van der Waals surface area contributed by atoms with Crippen molar-refractivity contribution in [3.63, 3.8) is 0 Å². The van der Waals surface area contributed by atoms with Gasteiger partial charge in [-0.15, -0.1) is 0 Å². The summed E-state index contributed by atoms with van der Waals surface area (Å²) in [5.74, 6) is 1.15. The van der Waals surface area contributed by atoms with Crippen LogP contribution < -0.4 is 10.2 Å². The highest BCUT2D eigenvalue weighted by atomic mass is 35.5. The van der Waals surface area contributed by atoms with Crippen LogP contribution in [0.2, 0.25) is 5.02 Å². The number of pyridine rings is 1. The van der Waals surface area contributed by atoms with Gasteiger partial charge in [0.25, 0.3) is 0 Å². The molecule has 4 rings (SSSR count). The molecule has 1 amide bonds. The molecule has 3 aromatic rings. The summed E-state index contributed by atoms with van der Waals surface area (Å²) in [6.45, 7) is 6.40. The molecule has 0 saturated carbocycles. The fourth-order valence-electron chi connectivity index (χ4n) is 4.14. The second-order valence-corrected chi connectivity index (χ2v) is 8.34. The first-order valence-corrected chi connectivity index (χ1v) is 10.8. The maximum Gasteiger partial charge on any atom is 0.223 e. The maximum atomic E-state index is 12.6. The predicted octanol–water partition coefficient (Wildman–Crippen LogP) is 4.68. The van der Waals surface area contributed by atoms with Crippen molar-refractivity contribution in [1.29, 1.82) is 0 Å². The highest BCUT2D eigenvalue weighted by Gasteiger charge is 2.27. The van der Waals surface area contributed by atoms with Gasteiger partial charge < -0.3 is 14.8 Å². The van der Waals surface area contributed by atoms with E-state index < -0.39 is 0 Å². The van der Waals surface area contributed by atoms with E-state index in [2.05, 4.69) is 51.8 Å². The quantitative estimate of drug-likeness (QED) is 0.649. The minimum Gasteiger partial charge on any atom is -0.355 e. The standard InChI is InChI=1S/C24H27ClN4O/c1-17-5-6-18(2)29(17)22-4-3-13-26-23(22)28-14-11-20(12-15-28)24(30)27-16-19-7-9-21(25)10-8-19/h3-10,13,20H,11-12,14-16H2,1-2H3,(H,27,30). The van der Waals surface area contributed by atoms with E-state index in [4.69, 9.17) is 11.6 Å². The fraction of sp³-hybridized carbons (Fsp3) is 0.333. The summed E-state index contributed by atoms with van der Waals surface area (Å²) in [6.07, 6.45) is 3.50. The van der Waals surface area contributed by atoms with Crippen molar-refractivity contribution in [3.8, 4) is 5.69 Å². The number of aryl methyl sites for hydroxylation is 2. The monoisotopic (exact) mass is 422 g/mol. The summed E-state index contributed by atoms with van der Waals surface area (Å²) in [4.78, 5) is 19.6. The largest absolute Gasteiger partial charge is 0.355 e. The summed E-state index contributed by atoms with van der Waals surface area (Å²) < 4.78 is 2.24. The number of halogens is 1. The van der Waals surface area contributed by atoms with Crippen molar-refractivity contribution in [2.75, 3.05) is 18.0 Å². The van der Waals surface area contributed by atoms with Gasteiger partial charge in [0.05, 0.1) is 5.69 Å². The van der Waals surface area contributed by atoms with Crippen LogP contribution in [-0.4, -0.2) is 28.5 Å². The van der Waals surface area contributed by atoms with E-state index >= 15 is 0 Å². The highest BCUT2D eigenvalue weighted by molar-refractivity contribution is 6.30. The van der Waals surface area contributed by atoms with Crippen LogP contribution in [0.25, 0.3) is 5.69 Å². The van der Waals surface area contributed by atoms with E-state index in [9.17, 15) is 4.79 Å². The lowest BCUT2D eigenvalue weighted by Gasteiger charge is -2.33. The molecule has 1 saturated heterocycles. The van der Waals surface area contributed by atoms with Gasteiger partial charge in [0, 0.05) is 48.2 Å². The number of carbonyl (C=O) groups is 1. The number of anilines is 1. The number of hydrogen-bond donors (Lipinski definition) is 1. The van der Waals surface area contributed by atoms with E-state index in [0.29, 0.717) is 11.6 Å². The number of nitrogens with one attached hydrogen (secondary N) is 1. The van der Waals surface area contributed by atoms with Gasteiger partial charge in [0.2, 0.25) is 5.91 Å². The number of rotatable bonds is 5. The molecule has 30 heavy (non-hydrogen) atoms. The zero-order valence-corrected chi connectivity index (χ0v) is 18.2. The van der Waals surface area contributed by atoms with Gasteiger partial charge in [0.15, 0.2) is 5.82 Å². The third-order valence-electron chi connectivity index (χ3n) is 5.82. The molecule has 1 N–H and O–H groups in total. The van der Waals surface area contributed by atoms with Crippen molar-refractivity contribution in [2.45, 2.75) is 33.2 Å². The zero-order chi connectivity index (χ0) is 21.1. The topological polar surface area (TPSA) is 50.2 Å². The minimum atomic E-state index is 0.0377. The Morgan fingerprint density at radius 3 is 2.40 bits per heavy atom. The lowest BCUT2D eigenvalue weighted by atomic mass is 9.95. The third-order valence-corrected chi connectivity index (χ3v) is 6.08.